The first-order chi connectivity index (χ1) is 12.5. The molecular formula is C23H32O3Si. The number of rotatable bonds is 7. The SMILES string of the molecule is CC(=O)[C@@H](O)C(C)(C)CO[Si](c1ccccc1)(c1ccccc1)C(C)(C)C. The van der Waals surface area contributed by atoms with Crippen molar-refractivity contribution < 1.29 is 14.3 Å². The molecule has 0 radical (unpaired) electrons. The number of benzene rings is 2. The van der Waals surface area contributed by atoms with E-state index < -0.39 is 19.8 Å². The van der Waals surface area contributed by atoms with E-state index in [9.17, 15) is 9.90 Å². The maximum atomic E-state index is 11.8. The van der Waals surface area contributed by atoms with Crippen LogP contribution >= 0.6 is 0 Å². The minimum atomic E-state index is -2.66. The van der Waals surface area contributed by atoms with Crippen LogP contribution in [0.2, 0.25) is 5.04 Å². The van der Waals surface area contributed by atoms with Crippen LogP contribution in [-0.4, -0.2) is 31.9 Å². The van der Waals surface area contributed by atoms with Crippen molar-refractivity contribution in [2.24, 2.45) is 5.41 Å². The van der Waals surface area contributed by atoms with E-state index in [0.717, 1.165) is 0 Å². The van der Waals surface area contributed by atoms with Crippen LogP contribution in [0.15, 0.2) is 60.7 Å². The second-order valence-electron chi connectivity index (χ2n) is 8.95. The van der Waals surface area contributed by atoms with Gasteiger partial charge in [0.15, 0.2) is 5.78 Å². The highest BCUT2D eigenvalue weighted by Gasteiger charge is 2.51. The Hall–Kier alpha value is -1.75. The van der Waals surface area contributed by atoms with Crippen molar-refractivity contribution in [3.63, 3.8) is 0 Å². The molecule has 0 unspecified atom stereocenters. The number of aliphatic hydroxyl groups excluding tert-OH is 1. The lowest BCUT2D eigenvalue weighted by atomic mass is 9.86. The molecule has 0 aliphatic carbocycles. The zero-order valence-corrected chi connectivity index (χ0v) is 18.3. The molecule has 0 bridgehead atoms. The Labute approximate surface area is 164 Å². The number of carbonyl (C=O) groups excluding carboxylic acids is 1. The first-order valence-corrected chi connectivity index (χ1v) is 11.4. The summed E-state index contributed by atoms with van der Waals surface area (Å²) >= 11 is 0. The van der Waals surface area contributed by atoms with E-state index in [4.69, 9.17) is 4.43 Å². The molecule has 4 heteroatoms. The minimum Gasteiger partial charge on any atom is -0.407 e. The summed E-state index contributed by atoms with van der Waals surface area (Å²) in [7, 11) is -2.66. The molecule has 2 rings (SSSR count). The van der Waals surface area contributed by atoms with E-state index in [2.05, 4.69) is 45.0 Å². The Morgan fingerprint density at radius 1 is 0.926 bits per heavy atom. The Balaban J connectivity index is 2.58. The highest BCUT2D eigenvalue weighted by atomic mass is 28.4. The summed E-state index contributed by atoms with van der Waals surface area (Å²) in [5, 5.41) is 12.6. The summed E-state index contributed by atoms with van der Waals surface area (Å²) < 4.78 is 6.83. The molecule has 0 aromatic heterocycles. The fourth-order valence-corrected chi connectivity index (χ4v) is 8.43. The quantitative estimate of drug-likeness (QED) is 0.743. The van der Waals surface area contributed by atoms with Gasteiger partial charge < -0.3 is 9.53 Å². The van der Waals surface area contributed by atoms with Crippen molar-refractivity contribution in [2.45, 2.75) is 52.7 Å². The van der Waals surface area contributed by atoms with Crippen LogP contribution in [-0.2, 0) is 9.22 Å². The van der Waals surface area contributed by atoms with E-state index in [0.29, 0.717) is 6.61 Å². The number of ketones is 1. The maximum Gasteiger partial charge on any atom is 0.261 e. The van der Waals surface area contributed by atoms with E-state index in [1.165, 1.54) is 17.3 Å². The average molecular weight is 385 g/mol. The van der Waals surface area contributed by atoms with Gasteiger partial charge in [0, 0.05) is 12.0 Å². The Morgan fingerprint density at radius 3 is 1.67 bits per heavy atom. The van der Waals surface area contributed by atoms with E-state index in [1.54, 1.807) is 0 Å². The summed E-state index contributed by atoms with van der Waals surface area (Å²) in [6, 6.07) is 20.8. The van der Waals surface area contributed by atoms with Gasteiger partial charge in [0.25, 0.3) is 8.32 Å². The average Bonchev–Trinajstić information content (AvgIpc) is 2.62. The highest BCUT2D eigenvalue weighted by Crippen LogP contribution is 2.38. The van der Waals surface area contributed by atoms with Gasteiger partial charge in [-0.05, 0) is 22.3 Å². The maximum absolute atomic E-state index is 11.8. The van der Waals surface area contributed by atoms with E-state index >= 15 is 0 Å². The largest absolute Gasteiger partial charge is 0.407 e. The van der Waals surface area contributed by atoms with E-state index in [1.807, 2.05) is 50.2 Å². The number of aliphatic hydroxyl groups is 1. The van der Waals surface area contributed by atoms with Gasteiger partial charge >= 0.3 is 0 Å². The number of hydrogen-bond acceptors (Lipinski definition) is 3. The molecule has 1 atom stereocenters. The van der Waals surface area contributed by atoms with Crippen molar-refractivity contribution >= 4 is 24.5 Å². The lowest BCUT2D eigenvalue weighted by Crippen LogP contribution is -2.67. The molecular weight excluding hydrogens is 352 g/mol. The molecule has 0 fully saturated rings. The minimum absolute atomic E-state index is 0.132. The van der Waals surface area contributed by atoms with Gasteiger partial charge in [0.1, 0.15) is 6.10 Å². The number of carbonyl (C=O) groups is 1. The first-order valence-electron chi connectivity index (χ1n) is 9.46. The Bertz CT molecular complexity index is 709. The van der Waals surface area contributed by atoms with Gasteiger partial charge in [0.2, 0.25) is 0 Å². The number of Topliss-reactive ketones (excluding diaryl/α,β-unsaturated/α-hetero) is 1. The van der Waals surface area contributed by atoms with Gasteiger partial charge in [-0.2, -0.15) is 0 Å². The third-order valence-electron chi connectivity index (χ3n) is 5.20. The molecule has 0 spiro atoms. The molecule has 0 saturated carbocycles. The van der Waals surface area contributed by atoms with Gasteiger partial charge in [0.05, 0.1) is 0 Å². The van der Waals surface area contributed by atoms with Crippen molar-refractivity contribution in [1.82, 2.24) is 0 Å². The molecule has 2 aromatic carbocycles. The summed E-state index contributed by atoms with van der Waals surface area (Å²) in [6.45, 7) is 12.2. The predicted molar refractivity (Wildman–Crippen MR) is 114 cm³/mol. The van der Waals surface area contributed by atoms with Crippen molar-refractivity contribution in [2.75, 3.05) is 6.61 Å². The standard InChI is InChI=1S/C23H32O3Si/c1-18(24)21(25)23(5,6)17-26-27(22(2,3)4,19-13-9-7-10-14-19)20-15-11-8-12-16-20/h7-16,21,25H,17H2,1-6H3/t21-/m1/s1. The lowest BCUT2D eigenvalue weighted by molar-refractivity contribution is -0.132. The number of hydrogen-bond donors (Lipinski definition) is 1. The monoisotopic (exact) mass is 384 g/mol. The van der Waals surface area contributed by atoms with Gasteiger partial charge in [-0.3, -0.25) is 4.79 Å². The van der Waals surface area contributed by atoms with Crippen LogP contribution in [0.5, 0.6) is 0 Å². The second kappa shape index (κ2) is 8.09. The molecule has 2 aromatic rings. The van der Waals surface area contributed by atoms with Crippen molar-refractivity contribution in [3.05, 3.63) is 60.7 Å². The molecule has 146 valence electrons. The fourth-order valence-electron chi connectivity index (χ4n) is 3.69. The first kappa shape index (κ1) is 21.5. The van der Waals surface area contributed by atoms with Crippen molar-refractivity contribution in [1.29, 1.82) is 0 Å². The van der Waals surface area contributed by atoms with Crippen molar-refractivity contribution in [3.8, 4) is 0 Å². The molecule has 1 N–H and O–H groups in total. The van der Waals surface area contributed by atoms with Gasteiger partial charge in [-0.1, -0.05) is 95.3 Å². The molecule has 3 nitrogen and oxygen atoms in total. The topological polar surface area (TPSA) is 46.5 Å². The molecule has 0 aliphatic rings. The Kier molecular flexibility index (Phi) is 6.46. The zero-order chi connectivity index (χ0) is 20.3. The predicted octanol–water partition coefficient (Wildman–Crippen LogP) is 3.54. The summed E-state index contributed by atoms with van der Waals surface area (Å²) in [4.78, 5) is 11.8. The second-order valence-corrected chi connectivity index (χ2v) is 13.3. The molecule has 0 amide bonds. The molecule has 0 aliphatic heterocycles. The summed E-state index contributed by atoms with van der Waals surface area (Å²) in [5.74, 6) is -0.231. The van der Waals surface area contributed by atoms with Crippen LogP contribution in [0.4, 0.5) is 0 Å². The zero-order valence-electron chi connectivity index (χ0n) is 17.3. The van der Waals surface area contributed by atoms with Crippen LogP contribution in [0, 0.1) is 5.41 Å². The highest BCUT2D eigenvalue weighted by molar-refractivity contribution is 6.99. The summed E-state index contributed by atoms with van der Waals surface area (Å²) in [6.07, 6.45) is -1.05. The molecule has 27 heavy (non-hydrogen) atoms. The lowest BCUT2D eigenvalue weighted by Gasteiger charge is -2.45. The van der Waals surface area contributed by atoms with Crippen LogP contribution in [0.1, 0.15) is 41.5 Å². The van der Waals surface area contributed by atoms with Gasteiger partial charge in [-0.15, -0.1) is 0 Å². The normalized spacial score (nSPS) is 14.0. The smallest absolute Gasteiger partial charge is 0.261 e. The molecule has 0 saturated heterocycles. The van der Waals surface area contributed by atoms with Crippen LogP contribution < -0.4 is 10.4 Å². The van der Waals surface area contributed by atoms with E-state index in [-0.39, 0.29) is 10.8 Å². The Morgan fingerprint density at radius 2 is 1.33 bits per heavy atom. The third kappa shape index (κ3) is 4.40. The molecule has 0 heterocycles. The van der Waals surface area contributed by atoms with Gasteiger partial charge in [-0.25, -0.2) is 0 Å². The fraction of sp³-hybridized carbons (Fsp3) is 0.435. The third-order valence-corrected chi connectivity index (χ3v) is 10.2. The summed E-state index contributed by atoms with van der Waals surface area (Å²) in [5.41, 5.74) is -0.668. The van der Waals surface area contributed by atoms with Crippen LogP contribution in [0.25, 0.3) is 0 Å². The van der Waals surface area contributed by atoms with Crippen LogP contribution in [0.3, 0.4) is 0 Å².